The van der Waals surface area contributed by atoms with Gasteiger partial charge in [-0.2, -0.15) is 4.68 Å². The minimum Gasteiger partial charge on any atom is -0.243 e. The predicted molar refractivity (Wildman–Crippen MR) is 46.0 cm³/mol. The Kier molecular flexibility index (Phi) is 2.01. The van der Waals surface area contributed by atoms with Crippen molar-refractivity contribution in [2.45, 2.75) is 6.92 Å². The van der Waals surface area contributed by atoms with Crippen molar-refractivity contribution in [3.8, 4) is 0 Å². The van der Waals surface area contributed by atoms with Crippen molar-refractivity contribution in [2.24, 2.45) is 0 Å². The molecule has 0 atom stereocenters. The van der Waals surface area contributed by atoms with Crippen LogP contribution in [0.15, 0.2) is 12.4 Å². The largest absolute Gasteiger partial charge is 0.373 e. The summed E-state index contributed by atoms with van der Waals surface area (Å²) < 4.78 is 1.96. The summed E-state index contributed by atoms with van der Waals surface area (Å²) in [7, 11) is 0. The molecule has 2 rings (SSSR count). The highest BCUT2D eigenvalue weighted by molar-refractivity contribution is 6.31. The van der Waals surface area contributed by atoms with Crippen LogP contribution in [0.4, 0.5) is 4.79 Å². The van der Waals surface area contributed by atoms with Crippen LogP contribution < -0.4 is 0 Å². The fraction of sp³-hybridized carbons (Fsp3) is 0.167. The van der Waals surface area contributed by atoms with Gasteiger partial charge in [-0.25, -0.2) is 4.79 Å². The van der Waals surface area contributed by atoms with Crippen molar-refractivity contribution < 1.29 is 4.79 Å². The molecular weight excluding hydrogens is 208 g/mol. The molecule has 0 aliphatic carbocycles. The second-order valence-corrected chi connectivity index (χ2v) is 2.87. The van der Waals surface area contributed by atoms with E-state index in [1.807, 2.05) is 0 Å². The fourth-order valence-corrected chi connectivity index (χ4v) is 1.02. The quantitative estimate of drug-likeness (QED) is 0.630. The van der Waals surface area contributed by atoms with E-state index in [1.54, 1.807) is 6.92 Å². The van der Waals surface area contributed by atoms with E-state index in [9.17, 15) is 4.79 Å². The van der Waals surface area contributed by atoms with E-state index in [2.05, 4.69) is 20.6 Å². The Balaban J connectivity index is 2.42. The summed E-state index contributed by atoms with van der Waals surface area (Å²) in [5.74, 6) is 0. The normalized spacial score (nSPS) is 10.4. The summed E-state index contributed by atoms with van der Waals surface area (Å²) >= 11 is 5.78. The van der Waals surface area contributed by atoms with Crippen molar-refractivity contribution in [1.29, 1.82) is 0 Å². The van der Waals surface area contributed by atoms with Gasteiger partial charge < -0.3 is 0 Å². The number of aromatic nitrogens is 6. The monoisotopic (exact) mass is 212 g/mol. The van der Waals surface area contributed by atoms with Gasteiger partial charge in [0.25, 0.3) is 0 Å². The third-order valence-corrected chi connectivity index (χ3v) is 2.00. The SMILES string of the molecule is Cc1nnn(C(=O)n2ccnn2)c1Cl. The topological polar surface area (TPSA) is 78.5 Å². The van der Waals surface area contributed by atoms with E-state index in [0.29, 0.717) is 5.69 Å². The molecule has 0 saturated carbocycles. The maximum Gasteiger partial charge on any atom is 0.373 e. The van der Waals surface area contributed by atoms with E-state index < -0.39 is 6.03 Å². The Morgan fingerprint density at radius 3 is 2.79 bits per heavy atom. The smallest absolute Gasteiger partial charge is 0.243 e. The van der Waals surface area contributed by atoms with Gasteiger partial charge in [-0.1, -0.05) is 22.0 Å². The maximum atomic E-state index is 11.6. The first kappa shape index (κ1) is 8.82. The molecule has 7 nitrogen and oxygen atoms in total. The molecule has 72 valence electrons. The van der Waals surface area contributed by atoms with Gasteiger partial charge in [-0.15, -0.1) is 14.9 Å². The fourth-order valence-electron chi connectivity index (χ4n) is 0.875. The van der Waals surface area contributed by atoms with E-state index >= 15 is 0 Å². The number of hydrogen-bond acceptors (Lipinski definition) is 5. The molecule has 0 amide bonds. The van der Waals surface area contributed by atoms with Gasteiger partial charge in [0.1, 0.15) is 0 Å². The average Bonchev–Trinajstić information content (AvgIpc) is 2.77. The molecule has 0 radical (unpaired) electrons. The molecule has 0 spiro atoms. The van der Waals surface area contributed by atoms with Crippen molar-refractivity contribution in [1.82, 2.24) is 30.0 Å². The number of halogens is 1. The molecule has 0 bridgehead atoms. The minimum atomic E-state index is -0.520. The van der Waals surface area contributed by atoms with Gasteiger partial charge in [0.15, 0.2) is 5.15 Å². The van der Waals surface area contributed by atoms with Gasteiger partial charge in [0.2, 0.25) is 0 Å². The Labute approximate surface area is 83.3 Å². The first-order valence-electron chi connectivity index (χ1n) is 3.69. The summed E-state index contributed by atoms with van der Waals surface area (Å²) in [6, 6.07) is -0.520. The Morgan fingerprint density at radius 1 is 1.50 bits per heavy atom. The van der Waals surface area contributed by atoms with E-state index in [0.717, 1.165) is 9.36 Å². The zero-order valence-corrected chi connectivity index (χ0v) is 7.88. The van der Waals surface area contributed by atoms with Gasteiger partial charge in [0, 0.05) is 0 Å². The molecule has 0 aliphatic rings. The highest BCUT2D eigenvalue weighted by Gasteiger charge is 2.15. The van der Waals surface area contributed by atoms with Crippen LogP contribution in [0.25, 0.3) is 0 Å². The lowest BCUT2D eigenvalue weighted by Crippen LogP contribution is -2.21. The molecule has 2 aromatic heterocycles. The van der Waals surface area contributed by atoms with Gasteiger partial charge in [-0.05, 0) is 6.92 Å². The van der Waals surface area contributed by atoms with Gasteiger partial charge >= 0.3 is 6.03 Å². The molecule has 2 aromatic rings. The molecule has 0 fully saturated rings. The summed E-state index contributed by atoms with van der Waals surface area (Å²) in [5, 5.41) is 14.4. The van der Waals surface area contributed by atoms with E-state index in [-0.39, 0.29) is 5.15 Å². The maximum absolute atomic E-state index is 11.6. The van der Waals surface area contributed by atoms with Gasteiger partial charge in [-0.3, -0.25) is 0 Å². The standard InChI is InChI=1S/C6H5ClN6O/c1-4-5(7)13(11-9-4)6(14)12-3-2-8-10-12/h2-3H,1H3. The number of nitrogens with zero attached hydrogens (tertiary/aromatic N) is 6. The highest BCUT2D eigenvalue weighted by atomic mass is 35.5. The molecule has 0 aromatic carbocycles. The van der Waals surface area contributed by atoms with Crippen molar-refractivity contribution in [3.63, 3.8) is 0 Å². The van der Waals surface area contributed by atoms with Crippen LogP contribution in [0.5, 0.6) is 0 Å². The number of hydrogen-bond donors (Lipinski definition) is 0. The first-order chi connectivity index (χ1) is 6.70. The van der Waals surface area contributed by atoms with Crippen molar-refractivity contribution in [3.05, 3.63) is 23.2 Å². The van der Waals surface area contributed by atoms with Gasteiger partial charge in [0.05, 0.1) is 18.1 Å². The number of aryl methyl sites for hydroxylation is 1. The van der Waals surface area contributed by atoms with Crippen LogP contribution in [0.2, 0.25) is 5.15 Å². The van der Waals surface area contributed by atoms with Crippen LogP contribution in [0.3, 0.4) is 0 Å². The Bertz CT molecular complexity index is 461. The summed E-state index contributed by atoms with van der Waals surface area (Å²) in [5.41, 5.74) is 0.486. The Morgan fingerprint density at radius 2 is 2.29 bits per heavy atom. The molecule has 0 unspecified atom stereocenters. The molecule has 0 saturated heterocycles. The first-order valence-corrected chi connectivity index (χ1v) is 4.07. The second-order valence-electron chi connectivity index (χ2n) is 2.51. The summed E-state index contributed by atoms with van der Waals surface area (Å²) in [6.45, 7) is 1.65. The number of carbonyl (C=O) groups excluding carboxylic acids is 1. The predicted octanol–water partition coefficient (Wildman–Crippen LogP) is 0.348. The third-order valence-electron chi connectivity index (χ3n) is 1.57. The zero-order chi connectivity index (χ0) is 10.1. The lowest BCUT2D eigenvalue weighted by atomic mass is 10.6. The molecule has 0 N–H and O–H groups in total. The molecular formula is C6H5ClN6O. The van der Waals surface area contributed by atoms with Crippen LogP contribution in [-0.2, 0) is 0 Å². The van der Waals surface area contributed by atoms with Crippen molar-refractivity contribution in [2.75, 3.05) is 0 Å². The molecule has 14 heavy (non-hydrogen) atoms. The van der Waals surface area contributed by atoms with Crippen LogP contribution >= 0.6 is 11.6 Å². The van der Waals surface area contributed by atoms with Crippen LogP contribution in [-0.4, -0.2) is 36.0 Å². The van der Waals surface area contributed by atoms with Crippen LogP contribution in [0.1, 0.15) is 5.69 Å². The number of rotatable bonds is 0. The van der Waals surface area contributed by atoms with E-state index in [4.69, 9.17) is 11.6 Å². The lowest BCUT2D eigenvalue weighted by molar-refractivity contribution is 0.237. The van der Waals surface area contributed by atoms with Crippen molar-refractivity contribution >= 4 is 17.6 Å². The average molecular weight is 213 g/mol. The van der Waals surface area contributed by atoms with Crippen LogP contribution in [0, 0.1) is 6.92 Å². The Hall–Kier alpha value is -1.76. The molecule has 2 heterocycles. The van der Waals surface area contributed by atoms with E-state index in [1.165, 1.54) is 12.4 Å². The second kappa shape index (κ2) is 3.18. The third kappa shape index (κ3) is 1.27. The number of carbonyl (C=O) groups is 1. The minimum absolute atomic E-state index is 0.172. The zero-order valence-electron chi connectivity index (χ0n) is 7.12. The highest BCUT2D eigenvalue weighted by Crippen LogP contribution is 2.10. The molecule has 8 heteroatoms. The lowest BCUT2D eigenvalue weighted by Gasteiger charge is -1.97. The summed E-state index contributed by atoms with van der Waals surface area (Å²) in [4.78, 5) is 11.6. The molecule has 0 aliphatic heterocycles. The summed E-state index contributed by atoms with van der Waals surface area (Å²) in [6.07, 6.45) is 2.78.